The fraction of sp³-hybridized carbons (Fsp3) is 0.222. The number of amides is 2. The maximum Gasteiger partial charge on any atom is 0.248 e. The van der Waals surface area contributed by atoms with Gasteiger partial charge in [-0.1, -0.05) is 0 Å². The van der Waals surface area contributed by atoms with Crippen molar-refractivity contribution in [2.24, 2.45) is 5.73 Å². The van der Waals surface area contributed by atoms with Gasteiger partial charge < -0.3 is 15.8 Å². The molecule has 0 radical (unpaired) electrons. The summed E-state index contributed by atoms with van der Waals surface area (Å²) in [5.41, 5.74) is 6.56. The largest absolute Gasteiger partial charge is 0.496 e. The lowest BCUT2D eigenvalue weighted by atomic mass is 10.2. The third-order valence-corrected chi connectivity index (χ3v) is 5.69. The molecule has 144 valence electrons. The van der Waals surface area contributed by atoms with Gasteiger partial charge in [0.15, 0.2) is 0 Å². The Kier molecular flexibility index (Phi) is 6.19. The molecule has 2 rings (SSSR count). The molecule has 27 heavy (non-hydrogen) atoms. The monoisotopic (exact) mass is 391 g/mol. The number of ether oxygens (including phenoxy) is 1. The van der Waals surface area contributed by atoms with Gasteiger partial charge in [0.1, 0.15) is 5.75 Å². The number of primary amides is 1. The second-order valence-electron chi connectivity index (χ2n) is 5.88. The highest BCUT2D eigenvalue weighted by Crippen LogP contribution is 2.23. The van der Waals surface area contributed by atoms with E-state index in [-0.39, 0.29) is 11.4 Å². The number of nitrogens with two attached hydrogens (primary N) is 1. The highest BCUT2D eigenvalue weighted by atomic mass is 32.2. The molecule has 0 aromatic heterocycles. The number of anilines is 1. The summed E-state index contributed by atoms with van der Waals surface area (Å²) >= 11 is 0. The second kappa shape index (κ2) is 8.19. The minimum Gasteiger partial charge on any atom is -0.496 e. The SMILES string of the molecule is COc1ccc(S(=O)(=O)N(C)CC(=O)Nc2ccc(C(N)=O)cc2)cc1C. The lowest BCUT2D eigenvalue weighted by Crippen LogP contribution is -2.35. The van der Waals surface area contributed by atoms with Crippen molar-refractivity contribution in [2.75, 3.05) is 26.0 Å². The molecule has 2 aromatic rings. The zero-order valence-corrected chi connectivity index (χ0v) is 16.0. The van der Waals surface area contributed by atoms with E-state index in [0.29, 0.717) is 22.6 Å². The van der Waals surface area contributed by atoms with Crippen molar-refractivity contribution in [3.8, 4) is 5.75 Å². The maximum absolute atomic E-state index is 12.6. The minimum atomic E-state index is -3.84. The highest BCUT2D eigenvalue weighted by Gasteiger charge is 2.23. The molecule has 2 amide bonds. The predicted octanol–water partition coefficient (Wildman–Crippen LogP) is 1.36. The quantitative estimate of drug-likeness (QED) is 0.739. The standard InChI is InChI=1S/C18H21N3O5S/c1-12-10-15(8-9-16(12)26-3)27(24,25)21(2)11-17(22)20-14-6-4-13(5-7-14)18(19)23/h4-10H,11H2,1-3H3,(H2,19,23)(H,20,22). The highest BCUT2D eigenvalue weighted by molar-refractivity contribution is 7.89. The van der Waals surface area contributed by atoms with Crippen molar-refractivity contribution in [1.82, 2.24) is 4.31 Å². The summed E-state index contributed by atoms with van der Waals surface area (Å²) < 4.78 is 31.4. The fourth-order valence-corrected chi connectivity index (χ4v) is 3.61. The number of carbonyl (C=O) groups excluding carboxylic acids is 2. The Bertz CT molecular complexity index is 955. The number of aryl methyl sites for hydroxylation is 1. The Labute approximate surface area is 158 Å². The van der Waals surface area contributed by atoms with Crippen molar-refractivity contribution in [2.45, 2.75) is 11.8 Å². The van der Waals surface area contributed by atoms with E-state index in [4.69, 9.17) is 10.5 Å². The number of nitrogens with one attached hydrogen (secondary N) is 1. The Morgan fingerprint density at radius 2 is 1.78 bits per heavy atom. The molecule has 0 unspecified atom stereocenters. The summed E-state index contributed by atoms with van der Waals surface area (Å²) in [5, 5.41) is 2.57. The lowest BCUT2D eigenvalue weighted by Gasteiger charge is -2.18. The molecular weight excluding hydrogens is 370 g/mol. The molecule has 8 nitrogen and oxygen atoms in total. The molecule has 3 N–H and O–H groups in total. The molecule has 0 spiro atoms. The molecule has 2 aromatic carbocycles. The average molecular weight is 391 g/mol. The summed E-state index contributed by atoms with van der Waals surface area (Å²) in [6.07, 6.45) is 0. The number of rotatable bonds is 7. The summed E-state index contributed by atoms with van der Waals surface area (Å²) in [6, 6.07) is 10.5. The molecule has 0 saturated carbocycles. The van der Waals surface area contributed by atoms with Crippen LogP contribution in [-0.2, 0) is 14.8 Å². The number of sulfonamides is 1. The number of carbonyl (C=O) groups is 2. The van der Waals surface area contributed by atoms with E-state index in [1.54, 1.807) is 13.0 Å². The van der Waals surface area contributed by atoms with E-state index in [1.165, 1.54) is 50.6 Å². The molecule has 0 bridgehead atoms. The number of benzene rings is 2. The van der Waals surface area contributed by atoms with Gasteiger partial charge in [-0.25, -0.2) is 8.42 Å². The molecule has 0 aliphatic carbocycles. The van der Waals surface area contributed by atoms with Gasteiger partial charge in [0.25, 0.3) is 0 Å². The number of likely N-dealkylation sites (N-methyl/N-ethyl adjacent to an activating group) is 1. The van der Waals surface area contributed by atoms with E-state index in [9.17, 15) is 18.0 Å². The van der Waals surface area contributed by atoms with Gasteiger partial charge in [-0.05, 0) is 55.0 Å². The van der Waals surface area contributed by atoms with Gasteiger partial charge in [-0.15, -0.1) is 0 Å². The van der Waals surface area contributed by atoms with Crippen LogP contribution in [-0.4, -0.2) is 45.2 Å². The average Bonchev–Trinajstić information content (AvgIpc) is 2.61. The molecule has 0 saturated heterocycles. The number of hydrogen-bond donors (Lipinski definition) is 2. The first kappa shape index (κ1) is 20.4. The van der Waals surface area contributed by atoms with Gasteiger partial charge in [0.05, 0.1) is 18.6 Å². The van der Waals surface area contributed by atoms with Crippen LogP contribution in [0.1, 0.15) is 15.9 Å². The van der Waals surface area contributed by atoms with Crippen LogP contribution in [0.25, 0.3) is 0 Å². The first-order valence-corrected chi connectivity index (χ1v) is 9.40. The molecule has 0 heterocycles. The predicted molar refractivity (Wildman–Crippen MR) is 101 cm³/mol. The van der Waals surface area contributed by atoms with Gasteiger partial charge in [0, 0.05) is 18.3 Å². The van der Waals surface area contributed by atoms with Crippen molar-refractivity contribution < 1.29 is 22.7 Å². The van der Waals surface area contributed by atoms with Crippen LogP contribution in [0.3, 0.4) is 0 Å². The lowest BCUT2D eigenvalue weighted by molar-refractivity contribution is -0.116. The van der Waals surface area contributed by atoms with Gasteiger partial charge in [-0.3, -0.25) is 9.59 Å². The Hall–Kier alpha value is -2.91. The molecule has 0 fully saturated rings. The molecule has 9 heteroatoms. The molecule has 0 aliphatic heterocycles. The fourth-order valence-electron chi connectivity index (χ4n) is 2.40. The summed E-state index contributed by atoms with van der Waals surface area (Å²) in [7, 11) is -1.01. The van der Waals surface area contributed by atoms with Gasteiger partial charge in [-0.2, -0.15) is 4.31 Å². The first-order chi connectivity index (χ1) is 12.6. The zero-order chi connectivity index (χ0) is 20.2. The third-order valence-electron chi connectivity index (χ3n) is 3.89. The van der Waals surface area contributed by atoms with E-state index in [1.807, 2.05) is 0 Å². The van der Waals surface area contributed by atoms with Crippen LogP contribution >= 0.6 is 0 Å². The van der Waals surface area contributed by atoms with Crippen molar-refractivity contribution in [3.63, 3.8) is 0 Å². The van der Waals surface area contributed by atoms with Crippen molar-refractivity contribution in [3.05, 3.63) is 53.6 Å². The molecular formula is C18H21N3O5S. The molecule has 0 atom stereocenters. The van der Waals surface area contributed by atoms with E-state index < -0.39 is 21.8 Å². The van der Waals surface area contributed by atoms with Crippen molar-refractivity contribution >= 4 is 27.5 Å². The van der Waals surface area contributed by atoms with Gasteiger partial charge in [0.2, 0.25) is 21.8 Å². The van der Waals surface area contributed by atoms with Crippen LogP contribution in [0, 0.1) is 6.92 Å². The number of hydrogen-bond acceptors (Lipinski definition) is 5. The van der Waals surface area contributed by atoms with E-state index >= 15 is 0 Å². The zero-order valence-electron chi connectivity index (χ0n) is 15.2. The minimum absolute atomic E-state index is 0.0712. The smallest absolute Gasteiger partial charge is 0.248 e. The molecule has 0 aliphatic rings. The summed E-state index contributed by atoms with van der Waals surface area (Å²) in [6.45, 7) is 1.37. The number of methoxy groups -OCH3 is 1. The maximum atomic E-state index is 12.6. The Morgan fingerprint density at radius 1 is 1.15 bits per heavy atom. The number of nitrogens with zero attached hydrogens (tertiary/aromatic N) is 1. The summed E-state index contributed by atoms with van der Waals surface area (Å²) in [4.78, 5) is 23.3. The second-order valence-corrected chi connectivity index (χ2v) is 7.93. The summed E-state index contributed by atoms with van der Waals surface area (Å²) in [5.74, 6) is -0.514. The Balaban J connectivity index is 2.08. The van der Waals surface area contributed by atoms with E-state index in [2.05, 4.69) is 5.32 Å². The van der Waals surface area contributed by atoms with Crippen molar-refractivity contribution in [1.29, 1.82) is 0 Å². The topological polar surface area (TPSA) is 119 Å². The van der Waals surface area contributed by atoms with Crippen LogP contribution < -0.4 is 15.8 Å². The van der Waals surface area contributed by atoms with E-state index in [0.717, 1.165) is 4.31 Å². The Morgan fingerprint density at radius 3 is 2.30 bits per heavy atom. The van der Waals surface area contributed by atoms with Crippen LogP contribution in [0.2, 0.25) is 0 Å². The van der Waals surface area contributed by atoms with Crippen LogP contribution in [0.15, 0.2) is 47.4 Å². The van der Waals surface area contributed by atoms with Crippen LogP contribution in [0.4, 0.5) is 5.69 Å². The third kappa shape index (κ3) is 4.83. The first-order valence-electron chi connectivity index (χ1n) is 7.96. The van der Waals surface area contributed by atoms with Crippen LogP contribution in [0.5, 0.6) is 5.75 Å². The van der Waals surface area contributed by atoms with Gasteiger partial charge >= 0.3 is 0 Å². The normalized spacial score (nSPS) is 11.3.